The minimum Gasteiger partial charge on any atom is -0.398 e. The van der Waals surface area contributed by atoms with Crippen molar-refractivity contribution in [2.24, 2.45) is 0 Å². The van der Waals surface area contributed by atoms with Crippen molar-refractivity contribution in [2.75, 3.05) is 5.73 Å². The summed E-state index contributed by atoms with van der Waals surface area (Å²) in [5.74, 6) is 0. The summed E-state index contributed by atoms with van der Waals surface area (Å²) in [6, 6.07) is 10.3. The Bertz CT molecular complexity index is 709. The van der Waals surface area contributed by atoms with Gasteiger partial charge < -0.3 is 5.73 Å². The molecule has 0 aliphatic carbocycles. The Morgan fingerprint density at radius 2 is 1.35 bits per heavy atom. The first-order valence-corrected chi connectivity index (χ1v) is 6.20. The second-order valence-corrected chi connectivity index (χ2v) is 4.18. The van der Waals surface area contributed by atoms with Crippen LogP contribution in [0.5, 0.6) is 0 Å². The summed E-state index contributed by atoms with van der Waals surface area (Å²) in [6.45, 7) is 0. The molecule has 0 heterocycles. The van der Waals surface area contributed by atoms with E-state index >= 15 is 0 Å². The van der Waals surface area contributed by atoms with Gasteiger partial charge in [0.2, 0.25) is 12.2 Å². The lowest BCUT2D eigenvalue weighted by Gasteiger charge is -2.03. The van der Waals surface area contributed by atoms with E-state index in [4.69, 9.17) is 26.1 Å². The van der Waals surface area contributed by atoms with Crippen LogP contribution in [0.4, 0.5) is 5.69 Å². The van der Waals surface area contributed by atoms with Gasteiger partial charge in [-0.25, -0.2) is 28.8 Å². The van der Waals surface area contributed by atoms with Gasteiger partial charge in [-0.15, -0.1) is 0 Å². The lowest BCUT2D eigenvalue weighted by Crippen LogP contribution is -1.90. The topological polar surface area (TPSA) is 142 Å². The zero-order chi connectivity index (χ0) is 15.5. The SMILES string of the molecule is N=C=O.N=C=O.Nc1ccc([SH](=O)=O)c2ccccc12. The van der Waals surface area contributed by atoms with Gasteiger partial charge in [0.15, 0.2) is 10.7 Å². The fraction of sp³-hybridized carbons (Fsp3) is 0. The molecule has 0 unspecified atom stereocenters. The van der Waals surface area contributed by atoms with E-state index in [1.165, 1.54) is 6.07 Å². The minimum atomic E-state index is -2.56. The maximum atomic E-state index is 10.9. The molecular formula is C12H11N3O4S. The van der Waals surface area contributed by atoms with Gasteiger partial charge in [-0.3, -0.25) is 0 Å². The molecule has 7 nitrogen and oxygen atoms in total. The zero-order valence-electron chi connectivity index (χ0n) is 10.1. The number of fused-ring (bicyclic) bond motifs is 1. The van der Waals surface area contributed by atoms with E-state index in [9.17, 15) is 8.42 Å². The molecule has 0 saturated heterocycles. The molecule has 0 saturated carbocycles. The monoisotopic (exact) mass is 293 g/mol. The van der Waals surface area contributed by atoms with Gasteiger partial charge in [-0.1, -0.05) is 24.3 Å². The van der Waals surface area contributed by atoms with E-state index in [1.54, 1.807) is 18.2 Å². The smallest absolute Gasteiger partial charge is 0.231 e. The average molecular weight is 293 g/mol. The first kappa shape index (κ1) is 17.2. The summed E-state index contributed by atoms with van der Waals surface area (Å²) in [4.78, 5) is 17.0. The van der Waals surface area contributed by atoms with Gasteiger partial charge in [-0.05, 0) is 12.1 Å². The number of thiol groups is 1. The van der Waals surface area contributed by atoms with Gasteiger partial charge >= 0.3 is 0 Å². The Labute approximate surface area is 116 Å². The van der Waals surface area contributed by atoms with Crippen LogP contribution in [0.1, 0.15) is 0 Å². The number of nitrogens with one attached hydrogen (secondary N) is 2. The fourth-order valence-corrected chi connectivity index (χ4v) is 2.05. The molecule has 0 aromatic heterocycles. The molecule has 0 spiro atoms. The Hall–Kier alpha value is -2.79. The van der Waals surface area contributed by atoms with E-state index in [1.807, 2.05) is 12.1 Å². The molecule has 104 valence electrons. The van der Waals surface area contributed by atoms with Crippen molar-refractivity contribution in [3.8, 4) is 0 Å². The van der Waals surface area contributed by atoms with Crippen LogP contribution < -0.4 is 5.73 Å². The van der Waals surface area contributed by atoms with Crippen LogP contribution in [0.25, 0.3) is 10.8 Å². The molecule has 2 aromatic carbocycles. The van der Waals surface area contributed by atoms with Gasteiger partial charge in [0, 0.05) is 16.5 Å². The van der Waals surface area contributed by atoms with E-state index < -0.39 is 10.7 Å². The molecular weight excluding hydrogens is 282 g/mol. The summed E-state index contributed by atoms with van der Waals surface area (Å²) < 4.78 is 21.8. The number of anilines is 1. The first-order valence-electron chi connectivity index (χ1n) is 5.02. The zero-order valence-corrected chi connectivity index (χ0v) is 11.0. The summed E-state index contributed by atoms with van der Waals surface area (Å²) in [5.41, 5.74) is 6.33. The Morgan fingerprint density at radius 3 is 1.80 bits per heavy atom. The molecule has 2 aromatic rings. The maximum absolute atomic E-state index is 10.9. The number of carbonyl (C=O) groups excluding carboxylic acids is 2. The van der Waals surface area contributed by atoms with Crippen molar-refractivity contribution in [2.45, 2.75) is 4.90 Å². The minimum absolute atomic E-state index is 0.324. The highest BCUT2D eigenvalue weighted by Gasteiger charge is 2.04. The van der Waals surface area contributed by atoms with Gasteiger partial charge in [0.25, 0.3) is 0 Å². The van der Waals surface area contributed by atoms with Gasteiger partial charge in [-0.2, -0.15) is 0 Å². The number of benzene rings is 2. The fourth-order valence-electron chi connectivity index (χ4n) is 1.47. The van der Waals surface area contributed by atoms with Crippen LogP contribution in [-0.4, -0.2) is 20.6 Å². The molecule has 4 N–H and O–H groups in total. The number of hydrogen-bond donors (Lipinski definition) is 4. The second-order valence-electron chi connectivity index (χ2n) is 3.18. The Balaban J connectivity index is 0.000000520. The number of isocyanates is 2. The number of hydrogen-bond acceptors (Lipinski definition) is 7. The number of nitrogen functional groups attached to an aromatic ring is 1. The van der Waals surface area contributed by atoms with Crippen molar-refractivity contribution in [3.05, 3.63) is 36.4 Å². The van der Waals surface area contributed by atoms with Crippen LogP contribution in [0.15, 0.2) is 41.3 Å². The summed E-state index contributed by atoms with van der Waals surface area (Å²) in [5, 5.41) is 12.3. The molecule has 0 fully saturated rings. The van der Waals surface area contributed by atoms with Crippen molar-refractivity contribution in [1.82, 2.24) is 0 Å². The molecule has 0 aliphatic heterocycles. The molecule has 20 heavy (non-hydrogen) atoms. The Kier molecular flexibility index (Phi) is 7.90. The van der Waals surface area contributed by atoms with Crippen LogP contribution in [-0.2, 0) is 20.3 Å². The average Bonchev–Trinajstić information content (AvgIpc) is 2.41. The van der Waals surface area contributed by atoms with Crippen LogP contribution in [0.3, 0.4) is 0 Å². The standard InChI is InChI=1S/C10H9NO2S.2CHNO/c11-9-5-6-10(14(12)13)8-4-2-1-3-7(8)9;2*2-1-3/h1-6,14H,11H2;2*2H. The van der Waals surface area contributed by atoms with Crippen molar-refractivity contribution in [1.29, 1.82) is 10.8 Å². The normalized spacial score (nSPS) is 8.45. The van der Waals surface area contributed by atoms with Crippen molar-refractivity contribution in [3.63, 3.8) is 0 Å². The highest BCUT2D eigenvalue weighted by atomic mass is 32.2. The molecule has 2 rings (SSSR count). The number of nitrogens with two attached hydrogens (primary N) is 1. The lowest BCUT2D eigenvalue weighted by molar-refractivity contribution is 0.562. The quantitative estimate of drug-likeness (QED) is 0.270. The Morgan fingerprint density at radius 1 is 0.900 bits per heavy atom. The molecule has 0 atom stereocenters. The van der Waals surface area contributed by atoms with Crippen LogP contribution in [0.2, 0.25) is 0 Å². The third kappa shape index (κ3) is 4.83. The van der Waals surface area contributed by atoms with E-state index in [-0.39, 0.29) is 0 Å². The van der Waals surface area contributed by atoms with Crippen LogP contribution in [0, 0.1) is 10.8 Å². The predicted molar refractivity (Wildman–Crippen MR) is 73.8 cm³/mol. The maximum Gasteiger partial charge on any atom is 0.231 e. The van der Waals surface area contributed by atoms with E-state index in [0.717, 1.165) is 17.5 Å². The third-order valence-electron chi connectivity index (χ3n) is 2.13. The van der Waals surface area contributed by atoms with Crippen LogP contribution >= 0.6 is 0 Å². The highest BCUT2D eigenvalue weighted by molar-refractivity contribution is 7.72. The first-order chi connectivity index (χ1) is 9.53. The molecule has 0 bridgehead atoms. The second kappa shape index (κ2) is 9.18. The summed E-state index contributed by atoms with van der Waals surface area (Å²) in [7, 11) is -2.56. The summed E-state index contributed by atoms with van der Waals surface area (Å²) >= 11 is 0. The van der Waals surface area contributed by atoms with E-state index in [2.05, 4.69) is 0 Å². The highest BCUT2D eigenvalue weighted by Crippen LogP contribution is 2.24. The molecule has 8 heteroatoms. The summed E-state index contributed by atoms with van der Waals surface area (Å²) in [6.07, 6.45) is 1.50. The predicted octanol–water partition coefficient (Wildman–Crippen LogP) is 1.19. The van der Waals surface area contributed by atoms with Gasteiger partial charge in [0.1, 0.15) is 0 Å². The van der Waals surface area contributed by atoms with E-state index in [0.29, 0.717) is 16.0 Å². The third-order valence-corrected chi connectivity index (χ3v) is 2.91. The molecule has 0 radical (unpaired) electrons. The lowest BCUT2D eigenvalue weighted by atomic mass is 10.1. The number of rotatable bonds is 1. The van der Waals surface area contributed by atoms with Gasteiger partial charge in [0.05, 0.1) is 4.90 Å². The molecule has 0 amide bonds. The molecule has 0 aliphatic rings. The van der Waals surface area contributed by atoms with Crippen molar-refractivity contribution < 1.29 is 18.0 Å². The largest absolute Gasteiger partial charge is 0.398 e. The van der Waals surface area contributed by atoms with Crippen molar-refractivity contribution >= 4 is 39.3 Å².